The van der Waals surface area contributed by atoms with Gasteiger partial charge in [-0.3, -0.25) is 0 Å². The number of rotatable bonds is 5. The van der Waals surface area contributed by atoms with Crippen LogP contribution in [0.25, 0.3) is 0 Å². The van der Waals surface area contributed by atoms with Gasteiger partial charge in [0.2, 0.25) is 9.84 Å². The highest BCUT2D eigenvalue weighted by Crippen LogP contribution is 2.12. The standard InChI is InChI=1S/C10H16N2O3S/c1-8-2-4-9(5-3-8)16(13,14)7-15-10(12)6-11/h2-5,10H,6-7,11-12H2,1H3. The monoisotopic (exact) mass is 244 g/mol. The van der Waals surface area contributed by atoms with Gasteiger partial charge in [-0.15, -0.1) is 0 Å². The van der Waals surface area contributed by atoms with Crippen LogP contribution in [-0.4, -0.2) is 27.1 Å². The molecule has 0 saturated heterocycles. The molecule has 0 fully saturated rings. The Balaban J connectivity index is 2.74. The summed E-state index contributed by atoms with van der Waals surface area (Å²) in [4.78, 5) is 0.224. The van der Waals surface area contributed by atoms with Crippen molar-refractivity contribution in [1.82, 2.24) is 0 Å². The van der Waals surface area contributed by atoms with E-state index in [1.54, 1.807) is 24.3 Å². The van der Waals surface area contributed by atoms with Crippen molar-refractivity contribution in [1.29, 1.82) is 0 Å². The number of aryl methyl sites for hydroxylation is 1. The molecule has 0 saturated carbocycles. The number of benzene rings is 1. The molecule has 0 bridgehead atoms. The van der Waals surface area contributed by atoms with E-state index in [1.807, 2.05) is 6.92 Å². The molecule has 0 heterocycles. The fourth-order valence-corrected chi connectivity index (χ4v) is 2.10. The van der Waals surface area contributed by atoms with Gasteiger partial charge in [-0.1, -0.05) is 17.7 Å². The molecule has 1 unspecified atom stereocenters. The fraction of sp³-hybridized carbons (Fsp3) is 0.400. The van der Waals surface area contributed by atoms with E-state index in [-0.39, 0.29) is 11.4 Å². The van der Waals surface area contributed by atoms with Crippen LogP contribution in [0.2, 0.25) is 0 Å². The molecule has 90 valence electrons. The van der Waals surface area contributed by atoms with Crippen LogP contribution in [0.3, 0.4) is 0 Å². The maximum atomic E-state index is 11.7. The first kappa shape index (κ1) is 13.1. The van der Waals surface area contributed by atoms with Crippen molar-refractivity contribution < 1.29 is 13.2 Å². The van der Waals surface area contributed by atoms with Crippen LogP contribution >= 0.6 is 0 Å². The van der Waals surface area contributed by atoms with Crippen LogP contribution in [0.4, 0.5) is 0 Å². The molecule has 1 aromatic rings. The quantitative estimate of drug-likeness (QED) is 0.710. The zero-order valence-corrected chi connectivity index (χ0v) is 9.91. The van der Waals surface area contributed by atoms with Crippen molar-refractivity contribution in [2.45, 2.75) is 18.0 Å². The lowest BCUT2D eigenvalue weighted by molar-refractivity contribution is 0.0978. The normalized spacial score (nSPS) is 13.7. The van der Waals surface area contributed by atoms with E-state index >= 15 is 0 Å². The smallest absolute Gasteiger partial charge is 0.202 e. The van der Waals surface area contributed by atoms with E-state index < -0.39 is 22.0 Å². The topological polar surface area (TPSA) is 95.4 Å². The summed E-state index contributed by atoms with van der Waals surface area (Å²) in [7, 11) is -3.44. The predicted octanol–water partition coefficient (Wildman–Crippen LogP) is -0.0137. The van der Waals surface area contributed by atoms with Crippen molar-refractivity contribution in [2.75, 3.05) is 12.5 Å². The molecule has 1 aromatic carbocycles. The molecule has 16 heavy (non-hydrogen) atoms. The highest BCUT2D eigenvalue weighted by Gasteiger charge is 2.15. The molecule has 0 aliphatic carbocycles. The van der Waals surface area contributed by atoms with Crippen LogP contribution in [0, 0.1) is 6.92 Å². The third-order valence-corrected chi connectivity index (χ3v) is 3.49. The van der Waals surface area contributed by atoms with E-state index in [1.165, 1.54) is 0 Å². The van der Waals surface area contributed by atoms with Gasteiger partial charge in [-0.25, -0.2) is 8.42 Å². The van der Waals surface area contributed by atoms with Gasteiger partial charge in [-0.05, 0) is 19.1 Å². The van der Waals surface area contributed by atoms with Crippen LogP contribution in [0.5, 0.6) is 0 Å². The van der Waals surface area contributed by atoms with Crippen molar-refractivity contribution in [3.05, 3.63) is 29.8 Å². The van der Waals surface area contributed by atoms with Crippen LogP contribution < -0.4 is 11.5 Å². The Hall–Kier alpha value is -0.950. The maximum absolute atomic E-state index is 11.7. The van der Waals surface area contributed by atoms with Gasteiger partial charge in [0.15, 0.2) is 5.94 Å². The van der Waals surface area contributed by atoms with Crippen LogP contribution in [0.1, 0.15) is 5.56 Å². The molecule has 0 aromatic heterocycles. The minimum atomic E-state index is -3.44. The van der Waals surface area contributed by atoms with Crippen LogP contribution in [0.15, 0.2) is 29.2 Å². The minimum Gasteiger partial charge on any atom is -0.346 e. The SMILES string of the molecule is Cc1ccc(S(=O)(=O)COC(N)CN)cc1. The second-order valence-electron chi connectivity index (χ2n) is 3.49. The van der Waals surface area contributed by atoms with Gasteiger partial charge in [0, 0.05) is 6.54 Å². The molecule has 5 nitrogen and oxygen atoms in total. The number of hydrogen-bond donors (Lipinski definition) is 2. The Morgan fingerprint density at radius 2 is 1.88 bits per heavy atom. The molecule has 0 radical (unpaired) electrons. The fourth-order valence-electron chi connectivity index (χ4n) is 1.06. The van der Waals surface area contributed by atoms with E-state index in [9.17, 15) is 8.42 Å². The molecular formula is C10H16N2O3S. The van der Waals surface area contributed by atoms with Crippen molar-refractivity contribution in [3.8, 4) is 0 Å². The molecule has 4 N–H and O–H groups in total. The lowest BCUT2D eigenvalue weighted by Gasteiger charge is -2.10. The Kier molecular flexibility index (Phi) is 4.43. The summed E-state index contributed by atoms with van der Waals surface area (Å²) < 4.78 is 28.4. The molecule has 0 amide bonds. The Morgan fingerprint density at radius 1 is 1.31 bits per heavy atom. The summed E-state index contributed by atoms with van der Waals surface area (Å²) in [5, 5.41) is 0. The summed E-state index contributed by atoms with van der Waals surface area (Å²) in [6.07, 6.45) is -0.750. The van der Waals surface area contributed by atoms with Crippen molar-refractivity contribution in [3.63, 3.8) is 0 Å². The zero-order chi connectivity index (χ0) is 12.2. The summed E-state index contributed by atoms with van der Waals surface area (Å²) in [6, 6.07) is 6.55. The highest BCUT2D eigenvalue weighted by molar-refractivity contribution is 7.91. The van der Waals surface area contributed by atoms with Crippen molar-refractivity contribution >= 4 is 9.84 Å². The first-order valence-electron chi connectivity index (χ1n) is 4.82. The lowest BCUT2D eigenvalue weighted by atomic mass is 10.2. The third-order valence-electron chi connectivity index (χ3n) is 2.05. The van der Waals surface area contributed by atoms with E-state index in [4.69, 9.17) is 16.2 Å². The van der Waals surface area contributed by atoms with Crippen molar-refractivity contribution in [2.24, 2.45) is 11.5 Å². The lowest BCUT2D eigenvalue weighted by Crippen LogP contribution is -2.34. The summed E-state index contributed by atoms with van der Waals surface area (Å²) in [6.45, 7) is 1.97. The molecule has 0 aliphatic rings. The van der Waals surface area contributed by atoms with Gasteiger partial charge < -0.3 is 16.2 Å². The van der Waals surface area contributed by atoms with Gasteiger partial charge >= 0.3 is 0 Å². The minimum absolute atomic E-state index is 0.0867. The van der Waals surface area contributed by atoms with Gasteiger partial charge in [0.1, 0.15) is 6.23 Å². The third kappa shape index (κ3) is 3.57. The Morgan fingerprint density at radius 3 is 2.38 bits per heavy atom. The van der Waals surface area contributed by atoms with Gasteiger partial charge in [-0.2, -0.15) is 0 Å². The number of hydrogen-bond acceptors (Lipinski definition) is 5. The van der Waals surface area contributed by atoms with E-state index in [2.05, 4.69) is 0 Å². The van der Waals surface area contributed by atoms with Gasteiger partial charge in [0.05, 0.1) is 4.90 Å². The second-order valence-corrected chi connectivity index (χ2v) is 5.42. The van der Waals surface area contributed by atoms with E-state index in [0.717, 1.165) is 5.56 Å². The number of ether oxygens (including phenoxy) is 1. The van der Waals surface area contributed by atoms with Gasteiger partial charge in [0.25, 0.3) is 0 Å². The van der Waals surface area contributed by atoms with E-state index in [0.29, 0.717) is 0 Å². The summed E-state index contributed by atoms with van der Waals surface area (Å²) in [5.41, 5.74) is 11.6. The second kappa shape index (κ2) is 5.40. The number of nitrogens with two attached hydrogens (primary N) is 2. The first-order valence-corrected chi connectivity index (χ1v) is 6.47. The molecule has 1 rings (SSSR count). The highest BCUT2D eigenvalue weighted by atomic mass is 32.2. The summed E-state index contributed by atoms with van der Waals surface area (Å²) >= 11 is 0. The Bertz CT molecular complexity index is 428. The molecule has 6 heteroatoms. The molecular weight excluding hydrogens is 228 g/mol. The molecule has 0 aliphatic heterocycles. The zero-order valence-electron chi connectivity index (χ0n) is 9.09. The largest absolute Gasteiger partial charge is 0.346 e. The first-order chi connectivity index (χ1) is 7.45. The average Bonchev–Trinajstić information content (AvgIpc) is 2.26. The molecule has 1 atom stereocenters. The van der Waals surface area contributed by atoms with Crippen LogP contribution in [-0.2, 0) is 14.6 Å². The number of sulfone groups is 1. The summed E-state index contributed by atoms with van der Waals surface area (Å²) in [5.74, 6) is -0.450. The molecule has 0 spiro atoms. The predicted molar refractivity (Wildman–Crippen MR) is 61.3 cm³/mol. The Labute approximate surface area is 95.3 Å². The maximum Gasteiger partial charge on any atom is 0.202 e. The average molecular weight is 244 g/mol.